The van der Waals surface area contributed by atoms with Gasteiger partial charge in [-0.2, -0.15) is 0 Å². The zero-order valence-corrected chi connectivity index (χ0v) is 12.4. The quantitative estimate of drug-likeness (QED) is 0.842. The molecule has 2 aromatic rings. The Labute approximate surface area is 122 Å². The Morgan fingerprint density at radius 3 is 2.53 bits per heavy atom. The predicted molar refractivity (Wildman–Crippen MR) is 83.1 cm³/mol. The number of anilines is 1. The van der Waals surface area contributed by atoms with Gasteiger partial charge in [-0.3, -0.25) is 4.79 Å². The van der Waals surface area contributed by atoms with Gasteiger partial charge in [-0.1, -0.05) is 45.8 Å². The Bertz CT molecular complexity index is 563. The third-order valence-electron chi connectivity index (χ3n) is 2.88. The lowest BCUT2D eigenvalue weighted by atomic mass is 10.1. The summed E-state index contributed by atoms with van der Waals surface area (Å²) >= 11 is 3.41. The largest absolute Gasteiger partial charge is 0.322 e. The molecule has 0 aliphatic carbocycles. The van der Waals surface area contributed by atoms with Gasteiger partial charge in [0.05, 0.1) is 0 Å². The molecule has 0 aliphatic rings. The van der Waals surface area contributed by atoms with Crippen LogP contribution in [0.15, 0.2) is 48.5 Å². The number of amides is 1. The molecule has 0 aliphatic heterocycles. The first-order valence-electron chi connectivity index (χ1n) is 6.22. The van der Waals surface area contributed by atoms with Crippen molar-refractivity contribution in [3.05, 3.63) is 65.2 Å². The predicted octanol–water partition coefficient (Wildman–Crippen LogP) is 4.18. The highest BCUT2D eigenvalue weighted by Crippen LogP contribution is 2.13. The molecule has 0 unspecified atom stereocenters. The third kappa shape index (κ3) is 3.93. The molecule has 1 amide bonds. The van der Waals surface area contributed by atoms with Gasteiger partial charge in [0.2, 0.25) is 0 Å². The van der Waals surface area contributed by atoms with Crippen LogP contribution in [0.1, 0.15) is 21.5 Å². The lowest BCUT2D eigenvalue weighted by Gasteiger charge is -2.06. The van der Waals surface area contributed by atoms with E-state index in [4.69, 9.17) is 0 Å². The van der Waals surface area contributed by atoms with Crippen molar-refractivity contribution in [2.24, 2.45) is 0 Å². The van der Waals surface area contributed by atoms with Crippen molar-refractivity contribution in [1.29, 1.82) is 0 Å². The molecule has 0 fully saturated rings. The molecule has 0 heterocycles. The van der Waals surface area contributed by atoms with Crippen LogP contribution >= 0.6 is 15.9 Å². The molecule has 0 atom stereocenters. The zero-order chi connectivity index (χ0) is 13.7. The number of rotatable bonds is 4. The van der Waals surface area contributed by atoms with E-state index in [0.29, 0.717) is 5.56 Å². The molecule has 19 heavy (non-hydrogen) atoms. The van der Waals surface area contributed by atoms with E-state index >= 15 is 0 Å². The molecular weight excluding hydrogens is 302 g/mol. The number of hydrogen-bond acceptors (Lipinski definition) is 1. The van der Waals surface area contributed by atoms with Gasteiger partial charge >= 0.3 is 0 Å². The van der Waals surface area contributed by atoms with E-state index in [0.717, 1.165) is 23.0 Å². The summed E-state index contributed by atoms with van der Waals surface area (Å²) in [6.07, 6.45) is 0.992. The second kappa shape index (κ2) is 6.53. The highest BCUT2D eigenvalue weighted by molar-refractivity contribution is 9.09. The summed E-state index contributed by atoms with van der Waals surface area (Å²) in [5, 5.41) is 3.85. The maximum Gasteiger partial charge on any atom is 0.255 e. The number of carbonyl (C=O) groups excluding carboxylic acids is 1. The Balaban J connectivity index is 2.06. The van der Waals surface area contributed by atoms with E-state index in [1.54, 1.807) is 0 Å². The fourth-order valence-electron chi connectivity index (χ4n) is 1.85. The summed E-state index contributed by atoms with van der Waals surface area (Å²) in [5.74, 6) is -0.0723. The molecule has 0 saturated heterocycles. The highest BCUT2D eigenvalue weighted by Gasteiger charge is 2.05. The van der Waals surface area contributed by atoms with Gasteiger partial charge < -0.3 is 5.32 Å². The van der Waals surface area contributed by atoms with Crippen molar-refractivity contribution in [3.8, 4) is 0 Å². The van der Waals surface area contributed by atoms with Crippen LogP contribution in [0.5, 0.6) is 0 Å². The average molecular weight is 318 g/mol. The van der Waals surface area contributed by atoms with Gasteiger partial charge in [0.25, 0.3) is 5.91 Å². The number of alkyl halides is 1. The van der Waals surface area contributed by atoms with Crippen molar-refractivity contribution in [2.75, 3.05) is 10.6 Å². The second-order valence-electron chi connectivity index (χ2n) is 4.46. The molecule has 3 heteroatoms. The van der Waals surface area contributed by atoms with Crippen molar-refractivity contribution < 1.29 is 4.79 Å². The zero-order valence-electron chi connectivity index (χ0n) is 10.8. The smallest absolute Gasteiger partial charge is 0.255 e. The van der Waals surface area contributed by atoms with Gasteiger partial charge in [-0.05, 0) is 43.2 Å². The molecule has 98 valence electrons. The Morgan fingerprint density at radius 1 is 1.16 bits per heavy atom. The summed E-state index contributed by atoms with van der Waals surface area (Å²) in [6.45, 7) is 1.98. The Morgan fingerprint density at radius 2 is 1.89 bits per heavy atom. The molecule has 0 spiro atoms. The van der Waals surface area contributed by atoms with Crippen LogP contribution in [0.4, 0.5) is 5.69 Å². The van der Waals surface area contributed by atoms with Gasteiger partial charge in [-0.15, -0.1) is 0 Å². The Kier molecular flexibility index (Phi) is 4.74. The molecule has 0 radical (unpaired) electrons. The average Bonchev–Trinajstić information content (AvgIpc) is 2.41. The first-order chi connectivity index (χ1) is 9.19. The minimum absolute atomic E-state index is 0.0723. The third-order valence-corrected chi connectivity index (χ3v) is 3.27. The van der Waals surface area contributed by atoms with Crippen LogP contribution in [-0.4, -0.2) is 11.2 Å². The summed E-state index contributed by atoms with van der Waals surface area (Å²) in [5.41, 5.74) is 3.85. The summed E-state index contributed by atoms with van der Waals surface area (Å²) in [6, 6.07) is 15.5. The molecule has 0 bridgehead atoms. The minimum atomic E-state index is -0.0723. The summed E-state index contributed by atoms with van der Waals surface area (Å²) < 4.78 is 0. The first-order valence-corrected chi connectivity index (χ1v) is 7.34. The second-order valence-corrected chi connectivity index (χ2v) is 5.25. The van der Waals surface area contributed by atoms with Crippen LogP contribution in [0.2, 0.25) is 0 Å². The molecular formula is C16H16BrNO. The number of aryl methyl sites for hydroxylation is 2. The first kappa shape index (κ1) is 13.8. The molecule has 2 aromatic carbocycles. The van der Waals surface area contributed by atoms with Gasteiger partial charge in [0.1, 0.15) is 0 Å². The maximum absolute atomic E-state index is 12.1. The highest BCUT2D eigenvalue weighted by atomic mass is 79.9. The van der Waals surface area contributed by atoms with Crippen molar-refractivity contribution in [3.63, 3.8) is 0 Å². The molecule has 2 rings (SSSR count). The van der Waals surface area contributed by atoms with Crippen molar-refractivity contribution in [1.82, 2.24) is 0 Å². The van der Waals surface area contributed by atoms with E-state index in [1.807, 2.05) is 55.5 Å². The maximum atomic E-state index is 12.1. The van der Waals surface area contributed by atoms with E-state index in [1.165, 1.54) is 5.56 Å². The lowest BCUT2D eigenvalue weighted by Crippen LogP contribution is -2.11. The van der Waals surface area contributed by atoms with Crippen molar-refractivity contribution >= 4 is 27.5 Å². The van der Waals surface area contributed by atoms with E-state index in [9.17, 15) is 4.79 Å². The number of nitrogens with one attached hydrogen (secondary N) is 1. The molecule has 2 nitrogen and oxygen atoms in total. The standard InChI is InChI=1S/C16H16BrNO/c1-12-3-2-4-14(11-12)16(19)18-15-7-5-13(6-8-15)9-10-17/h2-8,11H,9-10H2,1H3,(H,18,19). The van der Waals surface area contributed by atoms with Gasteiger partial charge in [0, 0.05) is 16.6 Å². The topological polar surface area (TPSA) is 29.1 Å². The van der Waals surface area contributed by atoms with Crippen molar-refractivity contribution in [2.45, 2.75) is 13.3 Å². The van der Waals surface area contributed by atoms with Crippen LogP contribution in [-0.2, 0) is 6.42 Å². The number of carbonyl (C=O) groups is 1. The summed E-state index contributed by atoms with van der Waals surface area (Å²) in [7, 11) is 0. The fraction of sp³-hybridized carbons (Fsp3) is 0.188. The SMILES string of the molecule is Cc1cccc(C(=O)Nc2ccc(CCBr)cc2)c1. The molecule has 0 saturated carbocycles. The number of benzene rings is 2. The van der Waals surface area contributed by atoms with Crippen LogP contribution in [0.25, 0.3) is 0 Å². The summed E-state index contributed by atoms with van der Waals surface area (Å²) in [4.78, 5) is 12.1. The fourth-order valence-corrected chi connectivity index (χ4v) is 2.31. The molecule has 0 aromatic heterocycles. The number of halogens is 1. The van der Waals surface area contributed by atoms with E-state index in [-0.39, 0.29) is 5.91 Å². The minimum Gasteiger partial charge on any atom is -0.322 e. The van der Waals surface area contributed by atoms with Gasteiger partial charge in [-0.25, -0.2) is 0 Å². The normalized spacial score (nSPS) is 10.2. The van der Waals surface area contributed by atoms with Crippen LogP contribution in [0.3, 0.4) is 0 Å². The van der Waals surface area contributed by atoms with Crippen LogP contribution < -0.4 is 5.32 Å². The number of hydrogen-bond donors (Lipinski definition) is 1. The van der Waals surface area contributed by atoms with Crippen LogP contribution in [0, 0.1) is 6.92 Å². The van der Waals surface area contributed by atoms with E-state index < -0.39 is 0 Å². The van der Waals surface area contributed by atoms with Gasteiger partial charge in [0.15, 0.2) is 0 Å². The van der Waals surface area contributed by atoms with E-state index in [2.05, 4.69) is 21.2 Å². The monoisotopic (exact) mass is 317 g/mol. The lowest BCUT2D eigenvalue weighted by molar-refractivity contribution is 0.102. The molecule has 1 N–H and O–H groups in total. The Hall–Kier alpha value is -1.61.